The number of piperazine rings is 1. The molecule has 4 heteroatoms. The lowest BCUT2D eigenvalue weighted by atomic mass is 9.95. The zero-order valence-electron chi connectivity index (χ0n) is 8.96. The molecule has 1 saturated carbocycles. The van der Waals surface area contributed by atoms with E-state index in [1.165, 1.54) is 19.3 Å². The Balaban J connectivity index is 0.000000165. The topological polar surface area (TPSA) is 58.4 Å². The van der Waals surface area contributed by atoms with E-state index in [9.17, 15) is 4.79 Å². The lowest BCUT2D eigenvalue weighted by molar-refractivity contribution is -0.129. The summed E-state index contributed by atoms with van der Waals surface area (Å²) in [5.74, 6) is 0.191. The van der Waals surface area contributed by atoms with Crippen LogP contribution in [0.15, 0.2) is 0 Å². The summed E-state index contributed by atoms with van der Waals surface area (Å²) in [5, 5.41) is 3.18. The minimum absolute atomic E-state index is 0.191. The van der Waals surface area contributed by atoms with Gasteiger partial charge in [0.2, 0.25) is 5.91 Å². The summed E-state index contributed by atoms with van der Waals surface area (Å²) in [4.78, 5) is 12.6. The maximum atomic E-state index is 10.7. The van der Waals surface area contributed by atoms with E-state index in [4.69, 9.17) is 5.73 Å². The van der Waals surface area contributed by atoms with Crippen molar-refractivity contribution in [3.63, 3.8) is 0 Å². The zero-order valence-corrected chi connectivity index (χ0v) is 8.96. The molecule has 0 bridgehead atoms. The zero-order chi connectivity index (χ0) is 10.4. The fraction of sp³-hybridized carbons (Fsp3) is 0.900. The van der Waals surface area contributed by atoms with Crippen LogP contribution >= 0.6 is 0 Å². The Hall–Kier alpha value is -0.610. The van der Waals surface area contributed by atoms with Crippen LogP contribution in [0.3, 0.4) is 0 Å². The molecule has 0 aromatic rings. The van der Waals surface area contributed by atoms with Crippen LogP contribution in [0.4, 0.5) is 0 Å². The number of carbonyl (C=O) groups excluding carboxylic acids is 1. The van der Waals surface area contributed by atoms with Crippen LogP contribution in [-0.2, 0) is 4.79 Å². The van der Waals surface area contributed by atoms with Gasteiger partial charge in [0, 0.05) is 39.1 Å². The Bertz CT molecular complexity index is 174. The molecule has 2 fully saturated rings. The van der Waals surface area contributed by atoms with Gasteiger partial charge in [-0.1, -0.05) is 6.42 Å². The van der Waals surface area contributed by atoms with Crippen molar-refractivity contribution in [3.8, 4) is 0 Å². The third kappa shape index (κ3) is 4.07. The molecule has 4 nitrogen and oxygen atoms in total. The molecule has 0 radical (unpaired) electrons. The molecule has 1 amide bonds. The lowest BCUT2D eigenvalue weighted by Gasteiger charge is -2.25. The summed E-state index contributed by atoms with van der Waals surface area (Å²) in [7, 11) is 0. The standard InChI is InChI=1S/C6H12N2O.C4H9N/c1-6(9)8-4-2-7-3-5-8;5-4-2-1-3-4/h7H,2-5H2,1H3;4H,1-3,5H2. The van der Waals surface area contributed by atoms with Crippen molar-refractivity contribution >= 4 is 5.91 Å². The van der Waals surface area contributed by atoms with Crippen LogP contribution in [0, 0.1) is 0 Å². The van der Waals surface area contributed by atoms with Crippen molar-refractivity contribution in [1.82, 2.24) is 10.2 Å². The third-order valence-corrected chi connectivity index (χ3v) is 2.71. The average molecular weight is 199 g/mol. The van der Waals surface area contributed by atoms with Gasteiger partial charge in [-0.2, -0.15) is 0 Å². The largest absolute Gasteiger partial charge is 0.340 e. The van der Waals surface area contributed by atoms with Gasteiger partial charge in [-0.15, -0.1) is 0 Å². The van der Waals surface area contributed by atoms with Gasteiger partial charge in [-0.25, -0.2) is 0 Å². The summed E-state index contributed by atoms with van der Waals surface area (Å²) >= 11 is 0. The summed E-state index contributed by atoms with van der Waals surface area (Å²) in [6.45, 7) is 5.25. The van der Waals surface area contributed by atoms with Gasteiger partial charge < -0.3 is 16.0 Å². The number of nitrogens with zero attached hydrogens (tertiary/aromatic N) is 1. The van der Waals surface area contributed by atoms with Crippen LogP contribution in [0.2, 0.25) is 0 Å². The van der Waals surface area contributed by atoms with Crippen LogP contribution in [0.25, 0.3) is 0 Å². The van der Waals surface area contributed by atoms with E-state index in [1.807, 2.05) is 4.90 Å². The Labute approximate surface area is 85.8 Å². The van der Waals surface area contributed by atoms with E-state index in [0.717, 1.165) is 26.2 Å². The highest BCUT2D eigenvalue weighted by Crippen LogP contribution is 2.14. The van der Waals surface area contributed by atoms with E-state index in [-0.39, 0.29) is 5.91 Å². The van der Waals surface area contributed by atoms with Gasteiger partial charge in [-0.3, -0.25) is 4.79 Å². The molecule has 3 N–H and O–H groups in total. The van der Waals surface area contributed by atoms with E-state index in [1.54, 1.807) is 6.92 Å². The van der Waals surface area contributed by atoms with E-state index in [0.29, 0.717) is 6.04 Å². The number of nitrogens with two attached hydrogens (primary N) is 1. The normalized spacial score (nSPS) is 22.0. The minimum atomic E-state index is 0.191. The molecule has 14 heavy (non-hydrogen) atoms. The highest BCUT2D eigenvalue weighted by atomic mass is 16.2. The van der Waals surface area contributed by atoms with Gasteiger partial charge in [0.25, 0.3) is 0 Å². The first-order chi connectivity index (χ1) is 6.70. The summed E-state index contributed by atoms with van der Waals surface area (Å²) in [5.41, 5.74) is 5.38. The molecule has 2 aliphatic rings. The number of rotatable bonds is 0. The first kappa shape index (κ1) is 11.5. The number of carbonyl (C=O) groups is 1. The predicted octanol–water partition coefficient (Wildman–Crippen LogP) is -0.0643. The van der Waals surface area contributed by atoms with Gasteiger partial charge >= 0.3 is 0 Å². The fourth-order valence-electron chi connectivity index (χ4n) is 1.42. The molecule has 0 spiro atoms. The van der Waals surface area contributed by atoms with Crippen molar-refractivity contribution in [3.05, 3.63) is 0 Å². The molecule has 0 atom stereocenters. The van der Waals surface area contributed by atoms with Crippen LogP contribution in [0.1, 0.15) is 26.2 Å². The summed E-state index contributed by atoms with van der Waals surface area (Å²) in [6, 6.07) is 0.565. The van der Waals surface area contributed by atoms with Gasteiger partial charge in [-0.05, 0) is 12.8 Å². The van der Waals surface area contributed by atoms with Crippen molar-refractivity contribution in [1.29, 1.82) is 0 Å². The molecule has 2 rings (SSSR count). The Kier molecular flexibility index (Phi) is 4.90. The van der Waals surface area contributed by atoms with E-state index in [2.05, 4.69) is 5.32 Å². The smallest absolute Gasteiger partial charge is 0.219 e. The maximum absolute atomic E-state index is 10.7. The number of hydrogen-bond acceptors (Lipinski definition) is 3. The van der Waals surface area contributed by atoms with Crippen LogP contribution < -0.4 is 11.1 Å². The summed E-state index contributed by atoms with van der Waals surface area (Å²) in [6.07, 6.45) is 3.89. The van der Waals surface area contributed by atoms with E-state index < -0.39 is 0 Å². The number of hydrogen-bond donors (Lipinski definition) is 2. The van der Waals surface area contributed by atoms with Gasteiger partial charge in [0.05, 0.1) is 0 Å². The highest BCUT2D eigenvalue weighted by molar-refractivity contribution is 5.73. The highest BCUT2D eigenvalue weighted by Gasteiger charge is 2.10. The third-order valence-electron chi connectivity index (χ3n) is 2.71. The Morgan fingerprint density at radius 2 is 1.86 bits per heavy atom. The molecule has 1 saturated heterocycles. The molecular weight excluding hydrogens is 178 g/mol. The maximum Gasteiger partial charge on any atom is 0.219 e. The SMILES string of the molecule is CC(=O)N1CCNCC1.NC1CCC1. The molecular formula is C10H21N3O. The molecule has 0 aromatic carbocycles. The van der Waals surface area contributed by atoms with Crippen molar-refractivity contribution in [2.24, 2.45) is 5.73 Å². The lowest BCUT2D eigenvalue weighted by Crippen LogP contribution is -2.45. The average Bonchev–Trinajstić information content (AvgIpc) is 2.17. The van der Waals surface area contributed by atoms with Crippen molar-refractivity contribution in [2.45, 2.75) is 32.2 Å². The molecule has 82 valence electrons. The van der Waals surface area contributed by atoms with Crippen LogP contribution in [0.5, 0.6) is 0 Å². The molecule has 1 heterocycles. The second-order valence-corrected chi connectivity index (χ2v) is 3.95. The van der Waals surface area contributed by atoms with Crippen molar-refractivity contribution in [2.75, 3.05) is 26.2 Å². The Morgan fingerprint density at radius 1 is 1.36 bits per heavy atom. The molecule has 0 aromatic heterocycles. The number of amides is 1. The monoisotopic (exact) mass is 199 g/mol. The molecule has 0 unspecified atom stereocenters. The number of nitrogens with one attached hydrogen (secondary N) is 1. The van der Waals surface area contributed by atoms with Crippen LogP contribution in [-0.4, -0.2) is 43.0 Å². The predicted molar refractivity (Wildman–Crippen MR) is 57.0 cm³/mol. The first-order valence-electron chi connectivity index (χ1n) is 5.42. The Morgan fingerprint density at radius 3 is 2.07 bits per heavy atom. The molecule has 1 aliphatic heterocycles. The second kappa shape index (κ2) is 5.98. The second-order valence-electron chi connectivity index (χ2n) is 3.95. The first-order valence-corrected chi connectivity index (χ1v) is 5.42. The quantitative estimate of drug-likeness (QED) is 0.574. The van der Waals surface area contributed by atoms with E-state index >= 15 is 0 Å². The van der Waals surface area contributed by atoms with Crippen molar-refractivity contribution < 1.29 is 4.79 Å². The molecule has 1 aliphatic carbocycles. The van der Waals surface area contributed by atoms with Gasteiger partial charge in [0.1, 0.15) is 0 Å². The fourth-order valence-corrected chi connectivity index (χ4v) is 1.42. The summed E-state index contributed by atoms with van der Waals surface area (Å²) < 4.78 is 0. The van der Waals surface area contributed by atoms with Gasteiger partial charge in [0.15, 0.2) is 0 Å². The minimum Gasteiger partial charge on any atom is -0.340 e.